The van der Waals surface area contributed by atoms with Gasteiger partial charge in [-0.15, -0.1) is 0 Å². The van der Waals surface area contributed by atoms with Crippen molar-refractivity contribution in [3.63, 3.8) is 0 Å². The van der Waals surface area contributed by atoms with Crippen LogP contribution in [0.25, 0.3) is 0 Å². The SMILES string of the molecule is CC(C)(C)NCCNc1ccc(O)c(F)c1. The molecule has 1 rings (SSSR count). The van der Waals surface area contributed by atoms with Crippen molar-refractivity contribution in [3.8, 4) is 5.75 Å². The van der Waals surface area contributed by atoms with Crippen molar-refractivity contribution in [3.05, 3.63) is 24.0 Å². The molecule has 0 aliphatic rings. The van der Waals surface area contributed by atoms with Crippen LogP contribution in [-0.2, 0) is 0 Å². The fourth-order valence-corrected chi connectivity index (χ4v) is 1.26. The number of phenols is 1. The fourth-order valence-electron chi connectivity index (χ4n) is 1.26. The zero-order chi connectivity index (χ0) is 12.2. The number of halogens is 1. The number of benzene rings is 1. The van der Waals surface area contributed by atoms with Gasteiger partial charge < -0.3 is 15.7 Å². The summed E-state index contributed by atoms with van der Waals surface area (Å²) in [6, 6.07) is 4.27. The molecular weight excluding hydrogens is 207 g/mol. The van der Waals surface area contributed by atoms with Crippen LogP contribution >= 0.6 is 0 Å². The van der Waals surface area contributed by atoms with Gasteiger partial charge in [-0.2, -0.15) is 0 Å². The average molecular weight is 226 g/mol. The maximum absolute atomic E-state index is 13.0. The third kappa shape index (κ3) is 4.49. The third-order valence-electron chi connectivity index (χ3n) is 2.06. The van der Waals surface area contributed by atoms with Gasteiger partial charge in [0, 0.05) is 30.4 Å². The summed E-state index contributed by atoms with van der Waals surface area (Å²) in [5.74, 6) is -0.924. The van der Waals surface area contributed by atoms with Gasteiger partial charge in [0.15, 0.2) is 11.6 Å². The first-order valence-corrected chi connectivity index (χ1v) is 5.36. The number of rotatable bonds is 4. The van der Waals surface area contributed by atoms with Crippen molar-refractivity contribution in [2.45, 2.75) is 26.3 Å². The summed E-state index contributed by atoms with van der Waals surface area (Å²) >= 11 is 0. The minimum absolute atomic E-state index is 0.0852. The van der Waals surface area contributed by atoms with Crippen LogP contribution in [0.5, 0.6) is 5.75 Å². The normalized spacial score (nSPS) is 11.5. The molecule has 1 aromatic rings. The van der Waals surface area contributed by atoms with Crippen LogP contribution in [0.2, 0.25) is 0 Å². The molecule has 0 radical (unpaired) electrons. The largest absolute Gasteiger partial charge is 0.505 e. The minimum atomic E-state index is -0.603. The molecule has 0 fully saturated rings. The van der Waals surface area contributed by atoms with E-state index < -0.39 is 5.82 Å². The highest BCUT2D eigenvalue weighted by Gasteiger charge is 2.07. The highest BCUT2D eigenvalue weighted by Crippen LogP contribution is 2.18. The lowest BCUT2D eigenvalue weighted by Crippen LogP contribution is -2.38. The topological polar surface area (TPSA) is 44.3 Å². The molecule has 0 spiro atoms. The van der Waals surface area contributed by atoms with Crippen LogP contribution in [0.4, 0.5) is 10.1 Å². The van der Waals surface area contributed by atoms with Gasteiger partial charge in [0.05, 0.1) is 0 Å². The van der Waals surface area contributed by atoms with E-state index in [0.717, 1.165) is 6.54 Å². The monoisotopic (exact) mass is 226 g/mol. The maximum Gasteiger partial charge on any atom is 0.166 e. The van der Waals surface area contributed by atoms with E-state index in [2.05, 4.69) is 31.4 Å². The van der Waals surface area contributed by atoms with Crippen LogP contribution in [-0.4, -0.2) is 23.7 Å². The Morgan fingerprint density at radius 2 is 1.94 bits per heavy atom. The Morgan fingerprint density at radius 1 is 1.25 bits per heavy atom. The quantitative estimate of drug-likeness (QED) is 0.545. The van der Waals surface area contributed by atoms with Gasteiger partial charge in [-0.25, -0.2) is 4.39 Å². The van der Waals surface area contributed by atoms with Crippen molar-refractivity contribution in [1.82, 2.24) is 5.32 Å². The summed E-state index contributed by atoms with van der Waals surface area (Å²) in [5, 5.41) is 15.4. The van der Waals surface area contributed by atoms with Crippen molar-refractivity contribution in [2.24, 2.45) is 0 Å². The lowest BCUT2D eigenvalue weighted by Gasteiger charge is -2.20. The maximum atomic E-state index is 13.0. The standard InChI is InChI=1S/C12H19FN2O/c1-12(2,3)15-7-6-14-9-4-5-11(16)10(13)8-9/h4-5,8,14-16H,6-7H2,1-3H3. The Hall–Kier alpha value is -1.29. The molecule has 16 heavy (non-hydrogen) atoms. The number of anilines is 1. The molecule has 0 amide bonds. The van der Waals surface area contributed by atoms with Crippen LogP contribution in [0.3, 0.4) is 0 Å². The Kier molecular flexibility index (Phi) is 4.12. The molecule has 0 atom stereocenters. The molecular formula is C12H19FN2O. The molecule has 3 N–H and O–H groups in total. The van der Waals surface area contributed by atoms with Gasteiger partial charge in [-0.3, -0.25) is 0 Å². The van der Waals surface area contributed by atoms with Gasteiger partial charge in [-0.05, 0) is 32.9 Å². The Morgan fingerprint density at radius 3 is 2.50 bits per heavy atom. The molecule has 1 aromatic carbocycles. The summed E-state index contributed by atoms with van der Waals surface area (Å²) in [6.45, 7) is 7.78. The second-order valence-corrected chi connectivity index (χ2v) is 4.77. The molecule has 4 heteroatoms. The summed E-state index contributed by atoms with van der Waals surface area (Å²) in [6.07, 6.45) is 0. The van der Waals surface area contributed by atoms with Gasteiger partial charge in [0.1, 0.15) is 0 Å². The van der Waals surface area contributed by atoms with E-state index in [1.54, 1.807) is 6.07 Å². The third-order valence-corrected chi connectivity index (χ3v) is 2.06. The second-order valence-electron chi connectivity index (χ2n) is 4.77. The Balaban J connectivity index is 2.35. The van der Waals surface area contributed by atoms with Crippen LogP contribution in [0.1, 0.15) is 20.8 Å². The summed E-state index contributed by atoms with van der Waals surface area (Å²) in [7, 11) is 0. The minimum Gasteiger partial charge on any atom is -0.505 e. The molecule has 0 saturated heterocycles. The van der Waals surface area contributed by atoms with Gasteiger partial charge in [-0.1, -0.05) is 0 Å². The summed E-state index contributed by atoms with van der Waals surface area (Å²) in [5.41, 5.74) is 0.757. The first-order chi connectivity index (χ1) is 7.38. The lowest BCUT2D eigenvalue weighted by molar-refractivity contribution is 0.432. The molecule has 0 unspecified atom stereocenters. The van der Waals surface area contributed by atoms with E-state index in [9.17, 15) is 4.39 Å². The number of phenolic OH excluding ortho intramolecular Hbond substituents is 1. The predicted octanol–water partition coefficient (Wildman–Crippen LogP) is 2.33. The van der Waals surface area contributed by atoms with Gasteiger partial charge in [0.2, 0.25) is 0 Å². The molecule has 0 heterocycles. The van der Waals surface area contributed by atoms with E-state index in [1.165, 1.54) is 12.1 Å². The smallest absolute Gasteiger partial charge is 0.166 e. The first-order valence-electron chi connectivity index (χ1n) is 5.36. The molecule has 0 bridgehead atoms. The second kappa shape index (κ2) is 5.16. The predicted molar refractivity (Wildman–Crippen MR) is 64.3 cm³/mol. The molecule has 0 aromatic heterocycles. The van der Waals surface area contributed by atoms with E-state index >= 15 is 0 Å². The van der Waals surface area contributed by atoms with Crippen molar-refractivity contribution in [1.29, 1.82) is 0 Å². The number of hydrogen-bond donors (Lipinski definition) is 3. The molecule has 0 aliphatic heterocycles. The highest BCUT2D eigenvalue weighted by molar-refractivity contribution is 5.46. The fraction of sp³-hybridized carbons (Fsp3) is 0.500. The highest BCUT2D eigenvalue weighted by atomic mass is 19.1. The van der Waals surface area contributed by atoms with Crippen LogP contribution in [0.15, 0.2) is 18.2 Å². The van der Waals surface area contributed by atoms with E-state index in [1.807, 2.05) is 0 Å². The lowest BCUT2D eigenvalue weighted by atomic mass is 10.1. The van der Waals surface area contributed by atoms with Gasteiger partial charge in [0.25, 0.3) is 0 Å². The Bertz CT molecular complexity index is 347. The van der Waals surface area contributed by atoms with Crippen LogP contribution < -0.4 is 10.6 Å². The van der Waals surface area contributed by atoms with Crippen molar-refractivity contribution in [2.75, 3.05) is 18.4 Å². The Labute approximate surface area is 95.7 Å². The number of aromatic hydroxyl groups is 1. The van der Waals surface area contributed by atoms with E-state index in [4.69, 9.17) is 5.11 Å². The van der Waals surface area contributed by atoms with Crippen molar-refractivity contribution < 1.29 is 9.50 Å². The number of hydrogen-bond acceptors (Lipinski definition) is 3. The summed E-state index contributed by atoms with van der Waals surface area (Å²) in [4.78, 5) is 0. The van der Waals surface area contributed by atoms with Crippen molar-refractivity contribution >= 4 is 5.69 Å². The summed E-state index contributed by atoms with van der Waals surface area (Å²) < 4.78 is 13.0. The van der Waals surface area contributed by atoms with E-state index in [-0.39, 0.29) is 11.3 Å². The van der Waals surface area contributed by atoms with E-state index in [0.29, 0.717) is 12.2 Å². The molecule has 0 saturated carbocycles. The van der Waals surface area contributed by atoms with Gasteiger partial charge >= 0.3 is 0 Å². The zero-order valence-electron chi connectivity index (χ0n) is 9.97. The van der Waals surface area contributed by atoms with Crippen LogP contribution in [0, 0.1) is 5.82 Å². The average Bonchev–Trinajstić information content (AvgIpc) is 2.17. The molecule has 3 nitrogen and oxygen atoms in total. The molecule has 90 valence electrons. The first kappa shape index (κ1) is 12.8. The number of nitrogens with one attached hydrogen (secondary N) is 2. The molecule has 0 aliphatic carbocycles. The zero-order valence-corrected chi connectivity index (χ0v) is 9.97.